The number of rotatable bonds is 8. The molecule has 0 unspecified atom stereocenters. The molecule has 25 heavy (non-hydrogen) atoms. The maximum absolute atomic E-state index is 12.0. The Balaban J connectivity index is 1.73. The van der Waals surface area contributed by atoms with Crippen molar-refractivity contribution < 1.29 is 8.42 Å². The van der Waals surface area contributed by atoms with Crippen molar-refractivity contribution in [1.82, 2.24) is 30.1 Å². The zero-order chi connectivity index (χ0) is 18.1. The third-order valence-corrected chi connectivity index (χ3v) is 4.77. The predicted octanol–water partition coefficient (Wildman–Crippen LogP) is -0.400. The van der Waals surface area contributed by atoms with Crippen LogP contribution in [0.5, 0.6) is 0 Å². The lowest BCUT2D eigenvalue weighted by Gasteiger charge is -2.12. The molecule has 0 bridgehead atoms. The van der Waals surface area contributed by atoms with Gasteiger partial charge in [0.25, 0.3) is 0 Å². The first-order chi connectivity index (χ1) is 12.0. The molecule has 0 aliphatic carbocycles. The number of sulfonamides is 1. The van der Waals surface area contributed by atoms with Gasteiger partial charge < -0.3 is 10.6 Å². The van der Waals surface area contributed by atoms with Crippen molar-refractivity contribution in [3.63, 3.8) is 0 Å². The van der Waals surface area contributed by atoms with Gasteiger partial charge in [-0.25, -0.2) is 18.1 Å². The minimum atomic E-state index is -3.37. The summed E-state index contributed by atoms with van der Waals surface area (Å²) in [6.45, 7) is 0.958. The van der Waals surface area contributed by atoms with Gasteiger partial charge in [0.05, 0.1) is 12.3 Å². The van der Waals surface area contributed by atoms with E-state index in [4.69, 9.17) is 0 Å². The molecule has 3 N–H and O–H groups in total. The summed E-state index contributed by atoms with van der Waals surface area (Å²) in [7, 11) is 0.0457. The Labute approximate surface area is 147 Å². The SMILES string of the molecule is CN=C(NCCS(=O)(=O)NCc1ccccc1)NCc1ncnn1C. The molecule has 2 rings (SSSR count). The van der Waals surface area contributed by atoms with E-state index in [2.05, 4.69) is 30.4 Å². The quantitative estimate of drug-likeness (QED) is 0.433. The number of guanidine groups is 1. The molecule has 0 amide bonds. The van der Waals surface area contributed by atoms with Gasteiger partial charge in [-0.1, -0.05) is 30.3 Å². The van der Waals surface area contributed by atoms with Crippen LogP contribution in [0.4, 0.5) is 0 Å². The number of aryl methyl sites for hydroxylation is 1. The Bertz CT molecular complexity index is 787. The van der Waals surface area contributed by atoms with Crippen molar-refractivity contribution in [2.24, 2.45) is 12.0 Å². The van der Waals surface area contributed by atoms with Crippen molar-refractivity contribution in [2.75, 3.05) is 19.3 Å². The minimum absolute atomic E-state index is 0.0511. The van der Waals surface area contributed by atoms with E-state index in [1.54, 1.807) is 18.8 Å². The maximum atomic E-state index is 12.0. The van der Waals surface area contributed by atoms with Gasteiger partial charge in [0.2, 0.25) is 10.0 Å². The predicted molar refractivity (Wildman–Crippen MR) is 96.3 cm³/mol. The molecule has 10 heteroatoms. The highest BCUT2D eigenvalue weighted by molar-refractivity contribution is 7.89. The molecule has 0 saturated heterocycles. The monoisotopic (exact) mass is 365 g/mol. The average Bonchev–Trinajstić information content (AvgIpc) is 3.02. The summed E-state index contributed by atoms with van der Waals surface area (Å²) in [6, 6.07) is 9.38. The van der Waals surface area contributed by atoms with E-state index in [-0.39, 0.29) is 18.8 Å². The molecule has 136 valence electrons. The molecule has 0 fully saturated rings. The fraction of sp³-hybridized carbons (Fsp3) is 0.400. The first-order valence-corrected chi connectivity index (χ1v) is 9.44. The van der Waals surface area contributed by atoms with Gasteiger partial charge in [0, 0.05) is 27.2 Å². The molecule has 0 aliphatic heterocycles. The van der Waals surface area contributed by atoms with Crippen molar-refractivity contribution in [3.8, 4) is 0 Å². The Morgan fingerprint density at radius 1 is 1.20 bits per heavy atom. The fourth-order valence-corrected chi connectivity index (χ4v) is 2.93. The fourth-order valence-electron chi connectivity index (χ4n) is 2.03. The average molecular weight is 365 g/mol. The molecule has 0 saturated carbocycles. The van der Waals surface area contributed by atoms with Crippen LogP contribution in [0, 0.1) is 0 Å². The molecule has 0 radical (unpaired) electrons. The summed E-state index contributed by atoms with van der Waals surface area (Å²) >= 11 is 0. The van der Waals surface area contributed by atoms with E-state index in [1.807, 2.05) is 30.3 Å². The number of nitrogens with zero attached hydrogens (tertiary/aromatic N) is 4. The Hall–Kier alpha value is -2.46. The summed E-state index contributed by atoms with van der Waals surface area (Å²) in [6.07, 6.45) is 1.47. The van der Waals surface area contributed by atoms with Gasteiger partial charge in [-0.3, -0.25) is 9.67 Å². The molecule has 1 aromatic carbocycles. The zero-order valence-electron chi connectivity index (χ0n) is 14.3. The highest BCUT2D eigenvalue weighted by Gasteiger charge is 2.10. The first kappa shape index (κ1) is 18.9. The second kappa shape index (κ2) is 9.14. The van der Waals surface area contributed by atoms with Crippen LogP contribution in [0.15, 0.2) is 41.7 Å². The van der Waals surface area contributed by atoms with E-state index < -0.39 is 10.0 Å². The third kappa shape index (κ3) is 6.51. The molecule has 1 aromatic heterocycles. The van der Waals surface area contributed by atoms with Gasteiger partial charge in [0.1, 0.15) is 12.2 Å². The van der Waals surface area contributed by atoms with E-state index in [9.17, 15) is 8.42 Å². The van der Waals surface area contributed by atoms with Gasteiger partial charge >= 0.3 is 0 Å². The van der Waals surface area contributed by atoms with Gasteiger partial charge in [0.15, 0.2) is 5.96 Å². The van der Waals surface area contributed by atoms with Crippen LogP contribution in [0.25, 0.3) is 0 Å². The van der Waals surface area contributed by atoms with Gasteiger partial charge in [-0.05, 0) is 5.56 Å². The number of hydrogen-bond donors (Lipinski definition) is 3. The van der Waals surface area contributed by atoms with E-state index in [0.717, 1.165) is 11.4 Å². The summed E-state index contributed by atoms with van der Waals surface area (Å²) in [4.78, 5) is 8.15. The van der Waals surface area contributed by atoms with Crippen molar-refractivity contribution >= 4 is 16.0 Å². The standard InChI is InChI=1S/C15H23N7O2S/c1-16-15(18-11-14-19-12-20-22(14)2)17-8-9-25(23,24)21-10-13-6-4-3-5-7-13/h3-7,12,21H,8-11H2,1-2H3,(H2,16,17,18). The van der Waals surface area contributed by atoms with Crippen LogP contribution in [0.1, 0.15) is 11.4 Å². The summed E-state index contributed by atoms with van der Waals surface area (Å²) in [5, 5.41) is 10.0. The van der Waals surface area contributed by atoms with Crippen LogP contribution in [-0.4, -0.2) is 48.5 Å². The van der Waals surface area contributed by atoms with Crippen LogP contribution >= 0.6 is 0 Å². The van der Waals surface area contributed by atoms with E-state index >= 15 is 0 Å². The van der Waals surface area contributed by atoms with Crippen LogP contribution < -0.4 is 15.4 Å². The summed E-state index contributed by atoms with van der Waals surface area (Å²) in [5.41, 5.74) is 0.917. The number of hydrogen-bond acceptors (Lipinski definition) is 5. The van der Waals surface area contributed by atoms with E-state index in [0.29, 0.717) is 12.5 Å². The van der Waals surface area contributed by atoms with Crippen LogP contribution in [0.2, 0.25) is 0 Å². The smallest absolute Gasteiger partial charge is 0.213 e. The molecule has 9 nitrogen and oxygen atoms in total. The van der Waals surface area contributed by atoms with E-state index in [1.165, 1.54) is 6.33 Å². The maximum Gasteiger partial charge on any atom is 0.213 e. The summed E-state index contributed by atoms with van der Waals surface area (Å²) < 4.78 is 28.3. The topological polar surface area (TPSA) is 113 Å². The minimum Gasteiger partial charge on any atom is -0.355 e. The highest BCUT2D eigenvalue weighted by Crippen LogP contribution is 1.98. The number of aliphatic imine (C=N–C) groups is 1. The van der Waals surface area contributed by atoms with Gasteiger partial charge in [-0.2, -0.15) is 5.10 Å². The second-order valence-electron chi connectivity index (χ2n) is 5.28. The summed E-state index contributed by atoms with van der Waals surface area (Å²) in [5.74, 6) is 1.20. The third-order valence-electron chi connectivity index (χ3n) is 3.44. The lowest BCUT2D eigenvalue weighted by atomic mass is 10.2. The second-order valence-corrected chi connectivity index (χ2v) is 7.20. The molecule has 0 atom stereocenters. The lowest BCUT2D eigenvalue weighted by Crippen LogP contribution is -2.41. The Morgan fingerprint density at radius 3 is 2.60 bits per heavy atom. The molecule has 0 aliphatic rings. The molecular formula is C15H23N7O2S. The Morgan fingerprint density at radius 2 is 1.96 bits per heavy atom. The Kier molecular flexibility index (Phi) is 6.90. The molecular weight excluding hydrogens is 342 g/mol. The first-order valence-electron chi connectivity index (χ1n) is 7.79. The van der Waals surface area contributed by atoms with Crippen molar-refractivity contribution in [1.29, 1.82) is 0 Å². The highest BCUT2D eigenvalue weighted by atomic mass is 32.2. The number of benzene rings is 1. The van der Waals surface area contributed by atoms with Crippen molar-refractivity contribution in [2.45, 2.75) is 13.1 Å². The van der Waals surface area contributed by atoms with Crippen LogP contribution in [0.3, 0.4) is 0 Å². The van der Waals surface area contributed by atoms with Gasteiger partial charge in [-0.15, -0.1) is 0 Å². The van der Waals surface area contributed by atoms with Crippen molar-refractivity contribution in [3.05, 3.63) is 48.0 Å². The normalized spacial score (nSPS) is 12.2. The zero-order valence-corrected chi connectivity index (χ0v) is 15.1. The molecule has 1 heterocycles. The largest absolute Gasteiger partial charge is 0.355 e. The lowest BCUT2D eigenvalue weighted by molar-refractivity contribution is 0.579. The number of aromatic nitrogens is 3. The molecule has 2 aromatic rings. The number of nitrogens with one attached hydrogen (secondary N) is 3. The van der Waals surface area contributed by atoms with Crippen LogP contribution in [-0.2, 0) is 30.2 Å². The molecule has 0 spiro atoms.